The Hall–Kier alpha value is -2.92. The average Bonchev–Trinajstić information content (AvgIpc) is 3.25. The highest BCUT2D eigenvalue weighted by atomic mass is 32.1. The van der Waals surface area contributed by atoms with Gasteiger partial charge in [0.1, 0.15) is 0 Å². The standard InChI is InChI=1S/C24H26N2O2S/c1-19-7-5-10-21(17-19)24(28)25-14-12-23(27)26(18-22-11-6-16-29-22)15-13-20-8-3-2-4-9-20/h2-11,16-17H,12-15,18H2,1H3,(H,25,28). The van der Waals surface area contributed by atoms with Crippen molar-refractivity contribution in [1.29, 1.82) is 0 Å². The van der Waals surface area contributed by atoms with Gasteiger partial charge in [0.2, 0.25) is 5.91 Å². The first-order chi connectivity index (χ1) is 14.1. The van der Waals surface area contributed by atoms with Gasteiger partial charge in [-0.3, -0.25) is 9.59 Å². The highest BCUT2D eigenvalue weighted by molar-refractivity contribution is 7.09. The van der Waals surface area contributed by atoms with Crippen LogP contribution in [0.4, 0.5) is 0 Å². The van der Waals surface area contributed by atoms with Gasteiger partial charge in [-0.15, -0.1) is 11.3 Å². The number of thiophene rings is 1. The summed E-state index contributed by atoms with van der Waals surface area (Å²) in [6, 6.07) is 21.7. The largest absolute Gasteiger partial charge is 0.352 e. The average molecular weight is 407 g/mol. The number of hydrogen-bond acceptors (Lipinski definition) is 3. The summed E-state index contributed by atoms with van der Waals surface area (Å²) in [5, 5.41) is 4.89. The van der Waals surface area contributed by atoms with E-state index in [2.05, 4.69) is 17.4 Å². The number of nitrogens with one attached hydrogen (secondary N) is 1. The molecule has 2 amide bonds. The molecule has 0 saturated heterocycles. The third-order valence-electron chi connectivity index (χ3n) is 4.70. The first-order valence-corrected chi connectivity index (χ1v) is 10.7. The van der Waals surface area contributed by atoms with Gasteiger partial charge in [-0.2, -0.15) is 0 Å². The lowest BCUT2D eigenvalue weighted by atomic mass is 10.1. The summed E-state index contributed by atoms with van der Waals surface area (Å²) in [7, 11) is 0. The molecule has 0 aliphatic carbocycles. The van der Waals surface area contributed by atoms with Crippen molar-refractivity contribution in [1.82, 2.24) is 10.2 Å². The monoisotopic (exact) mass is 406 g/mol. The van der Waals surface area contributed by atoms with Crippen LogP contribution in [0.5, 0.6) is 0 Å². The molecule has 1 heterocycles. The second kappa shape index (κ2) is 10.6. The molecule has 3 aromatic rings. The molecule has 0 aliphatic heterocycles. The Kier molecular flexibility index (Phi) is 7.59. The molecule has 0 unspecified atom stereocenters. The SMILES string of the molecule is Cc1cccc(C(=O)NCCC(=O)N(CCc2ccccc2)Cc2cccs2)c1. The molecule has 29 heavy (non-hydrogen) atoms. The third kappa shape index (κ3) is 6.57. The van der Waals surface area contributed by atoms with E-state index in [9.17, 15) is 9.59 Å². The molecule has 150 valence electrons. The van der Waals surface area contributed by atoms with Crippen LogP contribution in [0.3, 0.4) is 0 Å². The number of nitrogens with zero attached hydrogens (tertiary/aromatic N) is 1. The molecule has 0 bridgehead atoms. The Balaban J connectivity index is 1.54. The number of amides is 2. The van der Waals surface area contributed by atoms with Gasteiger partial charge in [-0.1, -0.05) is 54.1 Å². The number of carbonyl (C=O) groups excluding carboxylic acids is 2. The Morgan fingerprint density at radius 3 is 2.55 bits per heavy atom. The molecule has 0 saturated carbocycles. The lowest BCUT2D eigenvalue weighted by molar-refractivity contribution is -0.131. The maximum atomic E-state index is 12.8. The lowest BCUT2D eigenvalue weighted by Gasteiger charge is -2.22. The minimum atomic E-state index is -0.143. The fraction of sp³-hybridized carbons (Fsp3) is 0.250. The highest BCUT2D eigenvalue weighted by Gasteiger charge is 2.15. The van der Waals surface area contributed by atoms with Crippen molar-refractivity contribution < 1.29 is 9.59 Å². The Labute approximate surface area is 176 Å². The Bertz CT molecular complexity index is 923. The molecule has 1 N–H and O–H groups in total. The number of hydrogen-bond donors (Lipinski definition) is 1. The zero-order chi connectivity index (χ0) is 20.5. The van der Waals surface area contributed by atoms with Crippen LogP contribution >= 0.6 is 11.3 Å². The Morgan fingerprint density at radius 1 is 1.00 bits per heavy atom. The van der Waals surface area contributed by atoms with E-state index in [0.29, 0.717) is 25.2 Å². The Morgan fingerprint density at radius 2 is 1.83 bits per heavy atom. The van der Waals surface area contributed by atoms with Crippen LogP contribution in [0.15, 0.2) is 72.1 Å². The van der Waals surface area contributed by atoms with E-state index in [1.54, 1.807) is 17.4 Å². The van der Waals surface area contributed by atoms with Crippen molar-refractivity contribution in [3.8, 4) is 0 Å². The minimum Gasteiger partial charge on any atom is -0.352 e. The van der Waals surface area contributed by atoms with E-state index in [-0.39, 0.29) is 18.2 Å². The second-order valence-electron chi connectivity index (χ2n) is 7.01. The quantitative estimate of drug-likeness (QED) is 0.571. The topological polar surface area (TPSA) is 49.4 Å². The van der Waals surface area contributed by atoms with Crippen molar-refractivity contribution in [2.24, 2.45) is 0 Å². The normalized spacial score (nSPS) is 10.5. The fourth-order valence-corrected chi connectivity index (χ4v) is 3.84. The third-order valence-corrected chi connectivity index (χ3v) is 5.56. The number of rotatable bonds is 9. The van der Waals surface area contributed by atoms with Gasteiger partial charge in [-0.25, -0.2) is 0 Å². The summed E-state index contributed by atoms with van der Waals surface area (Å²) < 4.78 is 0. The van der Waals surface area contributed by atoms with E-state index < -0.39 is 0 Å². The van der Waals surface area contributed by atoms with Gasteiger partial charge in [0.15, 0.2) is 0 Å². The van der Waals surface area contributed by atoms with Crippen LogP contribution in [-0.4, -0.2) is 29.8 Å². The maximum absolute atomic E-state index is 12.8. The summed E-state index contributed by atoms with van der Waals surface area (Å²) in [4.78, 5) is 28.2. The molecule has 0 aliphatic rings. The molecule has 0 fully saturated rings. The molecule has 4 nitrogen and oxygen atoms in total. The van der Waals surface area contributed by atoms with E-state index >= 15 is 0 Å². The second-order valence-corrected chi connectivity index (χ2v) is 8.04. The van der Waals surface area contributed by atoms with Crippen LogP contribution in [0, 0.1) is 6.92 Å². The summed E-state index contributed by atoms with van der Waals surface area (Å²) in [5.41, 5.74) is 2.87. The van der Waals surface area contributed by atoms with Crippen molar-refractivity contribution in [2.75, 3.05) is 13.1 Å². The van der Waals surface area contributed by atoms with Crippen molar-refractivity contribution in [3.63, 3.8) is 0 Å². The summed E-state index contributed by atoms with van der Waals surface area (Å²) in [6.07, 6.45) is 1.10. The smallest absolute Gasteiger partial charge is 0.251 e. The zero-order valence-electron chi connectivity index (χ0n) is 16.6. The molecule has 0 spiro atoms. The van der Waals surface area contributed by atoms with Gasteiger partial charge < -0.3 is 10.2 Å². The zero-order valence-corrected chi connectivity index (χ0v) is 17.5. The fourth-order valence-electron chi connectivity index (χ4n) is 3.12. The predicted octanol–water partition coefficient (Wildman–Crippen LogP) is 4.45. The predicted molar refractivity (Wildman–Crippen MR) is 118 cm³/mol. The first-order valence-electron chi connectivity index (χ1n) is 9.81. The van der Waals surface area contributed by atoms with Crippen molar-refractivity contribution in [3.05, 3.63) is 93.7 Å². The number of carbonyl (C=O) groups is 2. The van der Waals surface area contributed by atoms with Crippen LogP contribution in [-0.2, 0) is 17.8 Å². The van der Waals surface area contributed by atoms with Gasteiger partial charge in [0.25, 0.3) is 5.91 Å². The van der Waals surface area contributed by atoms with Crippen LogP contribution < -0.4 is 5.32 Å². The van der Waals surface area contributed by atoms with Gasteiger partial charge in [-0.05, 0) is 42.5 Å². The number of aryl methyl sites for hydroxylation is 1. The molecule has 3 rings (SSSR count). The minimum absolute atomic E-state index is 0.0545. The lowest BCUT2D eigenvalue weighted by Crippen LogP contribution is -2.35. The molecule has 0 atom stereocenters. The molecule has 2 aromatic carbocycles. The highest BCUT2D eigenvalue weighted by Crippen LogP contribution is 2.14. The van der Waals surface area contributed by atoms with E-state index in [4.69, 9.17) is 0 Å². The van der Waals surface area contributed by atoms with E-state index in [1.807, 2.05) is 65.7 Å². The van der Waals surface area contributed by atoms with Gasteiger partial charge in [0, 0.05) is 30.0 Å². The van der Waals surface area contributed by atoms with Crippen molar-refractivity contribution >= 4 is 23.2 Å². The van der Waals surface area contributed by atoms with E-state index in [0.717, 1.165) is 16.9 Å². The van der Waals surface area contributed by atoms with Gasteiger partial charge in [0.05, 0.1) is 6.54 Å². The van der Waals surface area contributed by atoms with E-state index in [1.165, 1.54) is 5.56 Å². The molecule has 5 heteroatoms. The molecule has 0 radical (unpaired) electrons. The molecular weight excluding hydrogens is 380 g/mol. The number of benzene rings is 2. The van der Waals surface area contributed by atoms with Crippen molar-refractivity contribution in [2.45, 2.75) is 26.3 Å². The van der Waals surface area contributed by atoms with Gasteiger partial charge >= 0.3 is 0 Å². The molecule has 1 aromatic heterocycles. The van der Waals surface area contributed by atoms with Crippen LogP contribution in [0.1, 0.15) is 32.8 Å². The maximum Gasteiger partial charge on any atom is 0.251 e. The molecular formula is C24H26N2O2S. The van der Waals surface area contributed by atoms with Crippen LogP contribution in [0.2, 0.25) is 0 Å². The summed E-state index contributed by atoms with van der Waals surface area (Å²) in [5.74, 6) is -0.0885. The summed E-state index contributed by atoms with van der Waals surface area (Å²) in [6.45, 7) is 3.55. The summed E-state index contributed by atoms with van der Waals surface area (Å²) >= 11 is 1.65. The van der Waals surface area contributed by atoms with Crippen LogP contribution in [0.25, 0.3) is 0 Å². The first kappa shape index (κ1) is 20.8.